The highest BCUT2D eigenvalue weighted by molar-refractivity contribution is 14.1. The van der Waals surface area contributed by atoms with Crippen LogP contribution in [0, 0.1) is 24.7 Å². The number of carbonyl (C=O) groups is 1. The van der Waals surface area contributed by atoms with Crippen LogP contribution < -0.4 is 10.6 Å². The lowest BCUT2D eigenvalue weighted by molar-refractivity contribution is 0.0565. The Morgan fingerprint density at radius 2 is 1.93 bits per heavy atom. The van der Waals surface area contributed by atoms with Gasteiger partial charge in [-0.25, -0.2) is 8.78 Å². The van der Waals surface area contributed by atoms with Crippen LogP contribution >= 0.6 is 45.2 Å². The SMILES string of the molecule is CC(C)CNC1CN(C(=O)c2ccc(F)c(F)c2Nc2ccc(I)cc2I)C1. The van der Waals surface area contributed by atoms with Crippen molar-refractivity contribution >= 4 is 62.5 Å². The summed E-state index contributed by atoms with van der Waals surface area (Å²) in [6.07, 6.45) is 0. The maximum absolute atomic E-state index is 14.6. The number of amides is 1. The zero-order valence-electron chi connectivity index (χ0n) is 15.5. The van der Waals surface area contributed by atoms with Gasteiger partial charge in [0, 0.05) is 26.3 Å². The number of rotatable bonds is 6. The topological polar surface area (TPSA) is 44.4 Å². The highest BCUT2D eigenvalue weighted by atomic mass is 127. The molecule has 0 aromatic heterocycles. The van der Waals surface area contributed by atoms with E-state index in [-0.39, 0.29) is 23.2 Å². The van der Waals surface area contributed by atoms with E-state index in [9.17, 15) is 13.6 Å². The maximum Gasteiger partial charge on any atom is 0.256 e. The first kappa shape index (κ1) is 21.7. The largest absolute Gasteiger partial charge is 0.352 e. The minimum absolute atomic E-state index is 0.122. The quantitative estimate of drug-likeness (QED) is 0.453. The lowest BCUT2D eigenvalue weighted by Gasteiger charge is -2.40. The Morgan fingerprint density at radius 1 is 1.21 bits per heavy atom. The highest BCUT2D eigenvalue weighted by Crippen LogP contribution is 2.31. The lowest BCUT2D eigenvalue weighted by atomic mass is 10.0. The van der Waals surface area contributed by atoms with Crippen LogP contribution in [0.1, 0.15) is 24.2 Å². The van der Waals surface area contributed by atoms with Crippen molar-refractivity contribution in [2.45, 2.75) is 19.9 Å². The van der Waals surface area contributed by atoms with Crippen LogP contribution in [0.25, 0.3) is 0 Å². The van der Waals surface area contributed by atoms with Crippen LogP contribution in [-0.2, 0) is 0 Å². The van der Waals surface area contributed by atoms with Crippen molar-refractivity contribution in [3.05, 3.63) is 54.7 Å². The molecule has 1 aliphatic rings. The molecule has 0 unspecified atom stereocenters. The van der Waals surface area contributed by atoms with Gasteiger partial charge in [-0.05, 0) is 88.0 Å². The number of likely N-dealkylation sites (tertiary alicyclic amines) is 1. The van der Waals surface area contributed by atoms with Crippen LogP contribution in [-0.4, -0.2) is 36.5 Å². The zero-order chi connectivity index (χ0) is 20.4. The molecule has 1 heterocycles. The monoisotopic (exact) mass is 611 g/mol. The van der Waals surface area contributed by atoms with E-state index in [1.54, 1.807) is 11.0 Å². The van der Waals surface area contributed by atoms with Gasteiger partial charge in [0.25, 0.3) is 5.91 Å². The molecule has 1 aliphatic heterocycles. The first-order valence-corrected chi connectivity index (χ1v) is 11.1. The number of hydrogen-bond donors (Lipinski definition) is 2. The van der Waals surface area contributed by atoms with Crippen molar-refractivity contribution in [2.24, 2.45) is 5.92 Å². The van der Waals surface area contributed by atoms with Crippen LogP contribution in [0.3, 0.4) is 0 Å². The summed E-state index contributed by atoms with van der Waals surface area (Å²) in [4.78, 5) is 14.5. The van der Waals surface area contributed by atoms with E-state index < -0.39 is 11.6 Å². The predicted molar refractivity (Wildman–Crippen MR) is 124 cm³/mol. The number of nitrogens with one attached hydrogen (secondary N) is 2. The van der Waals surface area contributed by atoms with Gasteiger partial charge in [-0.15, -0.1) is 0 Å². The third-order valence-corrected chi connectivity index (χ3v) is 6.06. The number of benzene rings is 2. The summed E-state index contributed by atoms with van der Waals surface area (Å²) in [5.74, 6) is -1.80. The molecule has 2 aromatic carbocycles. The Labute approximate surface area is 190 Å². The van der Waals surface area contributed by atoms with Gasteiger partial charge in [0.15, 0.2) is 11.6 Å². The number of hydrogen-bond acceptors (Lipinski definition) is 3. The van der Waals surface area contributed by atoms with Crippen molar-refractivity contribution in [2.75, 3.05) is 25.0 Å². The second-order valence-corrected chi connectivity index (χ2v) is 9.65. The number of anilines is 2. The van der Waals surface area contributed by atoms with Crippen molar-refractivity contribution in [3.8, 4) is 0 Å². The standard InChI is InChI=1S/C20H21F2I2N3O/c1-11(2)8-25-13-9-27(10-13)20(28)14-4-5-15(21)18(22)19(14)26-17-6-3-12(23)7-16(17)24/h3-7,11,13,25-26H,8-10H2,1-2H3. The second kappa shape index (κ2) is 9.21. The first-order chi connectivity index (χ1) is 13.3. The fourth-order valence-electron chi connectivity index (χ4n) is 2.92. The van der Waals surface area contributed by atoms with Gasteiger partial charge in [-0.3, -0.25) is 4.79 Å². The van der Waals surface area contributed by atoms with Crippen LogP contribution in [0.4, 0.5) is 20.2 Å². The molecule has 2 aromatic rings. The molecule has 2 N–H and O–H groups in total. The Morgan fingerprint density at radius 3 is 2.57 bits per heavy atom. The molecule has 0 saturated carbocycles. The van der Waals surface area contributed by atoms with E-state index in [4.69, 9.17) is 0 Å². The van der Waals surface area contributed by atoms with Gasteiger partial charge in [0.05, 0.1) is 16.9 Å². The summed E-state index contributed by atoms with van der Waals surface area (Å²) < 4.78 is 30.3. The summed E-state index contributed by atoms with van der Waals surface area (Å²) in [5.41, 5.74) is 0.637. The van der Waals surface area contributed by atoms with Gasteiger partial charge < -0.3 is 15.5 Å². The van der Waals surface area contributed by atoms with Gasteiger partial charge in [-0.1, -0.05) is 13.8 Å². The van der Waals surface area contributed by atoms with Gasteiger partial charge in [0.2, 0.25) is 0 Å². The normalized spacial score (nSPS) is 14.3. The van der Waals surface area contributed by atoms with Crippen LogP contribution in [0.5, 0.6) is 0 Å². The molecule has 150 valence electrons. The fourth-order valence-corrected chi connectivity index (χ4v) is 4.66. The highest BCUT2D eigenvalue weighted by Gasteiger charge is 2.33. The molecule has 1 amide bonds. The predicted octanol–water partition coefficient (Wildman–Crippen LogP) is 4.99. The molecule has 0 atom stereocenters. The Hall–Kier alpha value is -1.01. The Balaban J connectivity index is 1.80. The second-order valence-electron chi connectivity index (χ2n) is 7.24. The third-order valence-electron chi connectivity index (χ3n) is 4.50. The molecule has 0 bridgehead atoms. The van der Waals surface area contributed by atoms with Crippen molar-refractivity contribution in [3.63, 3.8) is 0 Å². The van der Waals surface area contributed by atoms with E-state index in [1.807, 2.05) is 12.1 Å². The van der Waals surface area contributed by atoms with E-state index in [1.165, 1.54) is 6.07 Å². The molecular formula is C20H21F2I2N3O. The fraction of sp³-hybridized carbons (Fsp3) is 0.350. The molecule has 3 rings (SSSR count). The number of nitrogens with zero attached hydrogens (tertiary/aromatic N) is 1. The molecule has 0 spiro atoms. The Kier molecular flexibility index (Phi) is 7.13. The smallest absolute Gasteiger partial charge is 0.256 e. The summed E-state index contributed by atoms with van der Waals surface area (Å²) in [5, 5.41) is 6.32. The summed E-state index contributed by atoms with van der Waals surface area (Å²) >= 11 is 4.31. The molecular weight excluding hydrogens is 590 g/mol. The Bertz CT molecular complexity index is 886. The van der Waals surface area contributed by atoms with E-state index in [2.05, 4.69) is 69.7 Å². The summed E-state index contributed by atoms with van der Waals surface area (Å²) in [7, 11) is 0. The average molecular weight is 611 g/mol. The van der Waals surface area contributed by atoms with E-state index >= 15 is 0 Å². The van der Waals surface area contributed by atoms with Crippen molar-refractivity contribution in [1.82, 2.24) is 10.2 Å². The molecule has 0 radical (unpaired) electrons. The van der Waals surface area contributed by atoms with E-state index in [0.717, 1.165) is 19.8 Å². The summed E-state index contributed by atoms with van der Waals surface area (Å²) in [6.45, 7) is 6.26. The van der Waals surface area contributed by atoms with Crippen LogP contribution in [0.2, 0.25) is 0 Å². The zero-order valence-corrected chi connectivity index (χ0v) is 19.8. The minimum Gasteiger partial charge on any atom is -0.352 e. The van der Waals surface area contributed by atoms with Gasteiger partial charge in [-0.2, -0.15) is 0 Å². The molecule has 8 heteroatoms. The molecule has 28 heavy (non-hydrogen) atoms. The molecule has 0 aliphatic carbocycles. The van der Waals surface area contributed by atoms with Crippen LogP contribution in [0.15, 0.2) is 30.3 Å². The minimum atomic E-state index is -1.05. The maximum atomic E-state index is 14.6. The first-order valence-electron chi connectivity index (χ1n) is 8.99. The number of carbonyl (C=O) groups excluding carboxylic acids is 1. The third kappa shape index (κ3) is 4.93. The average Bonchev–Trinajstić information content (AvgIpc) is 2.59. The number of halogens is 4. The molecule has 4 nitrogen and oxygen atoms in total. The van der Waals surface area contributed by atoms with Gasteiger partial charge >= 0.3 is 0 Å². The van der Waals surface area contributed by atoms with Gasteiger partial charge in [0.1, 0.15) is 0 Å². The molecule has 1 fully saturated rings. The summed E-state index contributed by atoms with van der Waals surface area (Å²) in [6, 6.07) is 8.16. The van der Waals surface area contributed by atoms with Crippen molar-refractivity contribution in [1.29, 1.82) is 0 Å². The van der Waals surface area contributed by atoms with Crippen molar-refractivity contribution < 1.29 is 13.6 Å². The lowest BCUT2D eigenvalue weighted by Crippen LogP contribution is -2.60. The molecule has 1 saturated heterocycles. The van der Waals surface area contributed by atoms with E-state index in [0.29, 0.717) is 24.7 Å².